The van der Waals surface area contributed by atoms with Crippen LogP contribution in [0.4, 0.5) is 0 Å². The molecule has 0 spiro atoms. The maximum absolute atomic E-state index is 12.3. The van der Waals surface area contributed by atoms with Crippen molar-refractivity contribution < 1.29 is 9.32 Å². The SMILES string of the molecule is O=C(Cc1noc2ccccc12)NCc1ccccc1Cn1cccn1. The number of nitrogens with one attached hydrogen (secondary N) is 1. The van der Waals surface area contributed by atoms with E-state index in [2.05, 4.69) is 15.6 Å². The van der Waals surface area contributed by atoms with Crippen molar-refractivity contribution >= 4 is 16.9 Å². The Kier molecular flexibility index (Phi) is 4.47. The first-order chi connectivity index (χ1) is 12.8. The molecule has 0 bridgehead atoms. The molecular weight excluding hydrogens is 328 g/mol. The lowest BCUT2D eigenvalue weighted by Gasteiger charge is -2.10. The molecule has 6 heteroatoms. The summed E-state index contributed by atoms with van der Waals surface area (Å²) in [5, 5.41) is 12.1. The van der Waals surface area contributed by atoms with Crippen molar-refractivity contribution in [1.82, 2.24) is 20.3 Å². The molecule has 0 saturated heterocycles. The summed E-state index contributed by atoms with van der Waals surface area (Å²) >= 11 is 0. The summed E-state index contributed by atoms with van der Waals surface area (Å²) in [7, 11) is 0. The first-order valence-electron chi connectivity index (χ1n) is 8.44. The second-order valence-electron chi connectivity index (χ2n) is 6.05. The van der Waals surface area contributed by atoms with Crippen LogP contribution in [0.25, 0.3) is 11.0 Å². The lowest BCUT2D eigenvalue weighted by molar-refractivity contribution is -0.120. The second-order valence-corrected chi connectivity index (χ2v) is 6.05. The van der Waals surface area contributed by atoms with Crippen LogP contribution in [0.15, 0.2) is 71.5 Å². The Balaban J connectivity index is 1.42. The van der Waals surface area contributed by atoms with Gasteiger partial charge in [-0.1, -0.05) is 41.6 Å². The van der Waals surface area contributed by atoms with Gasteiger partial charge in [0.1, 0.15) is 5.69 Å². The number of nitrogens with zero attached hydrogens (tertiary/aromatic N) is 3. The number of para-hydroxylation sites is 1. The minimum absolute atomic E-state index is 0.0852. The van der Waals surface area contributed by atoms with Gasteiger partial charge < -0.3 is 9.84 Å². The van der Waals surface area contributed by atoms with E-state index < -0.39 is 0 Å². The maximum atomic E-state index is 12.3. The molecule has 1 amide bonds. The fourth-order valence-electron chi connectivity index (χ4n) is 2.93. The normalized spacial score (nSPS) is 10.9. The predicted octanol–water partition coefficient (Wildman–Crippen LogP) is 2.93. The molecule has 0 fully saturated rings. The van der Waals surface area contributed by atoms with Crippen LogP contribution in [0.5, 0.6) is 0 Å². The van der Waals surface area contributed by atoms with Gasteiger partial charge in [-0.15, -0.1) is 0 Å². The number of rotatable bonds is 6. The number of hydrogen-bond donors (Lipinski definition) is 1. The van der Waals surface area contributed by atoms with Crippen molar-refractivity contribution in [2.24, 2.45) is 0 Å². The van der Waals surface area contributed by atoms with Gasteiger partial charge in [0.2, 0.25) is 5.91 Å². The van der Waals surface area contributed by atoms with Gasteiger partial charge in [0.25, 0.3) is 0 Å². The van der Waals surface area contributed by atoms with E-state index in [0.717, 1.165) is 16.5 Å². The number of fused-ring (bicyclic) bond motifs is 1. The number of benzene rings is 2. The van der Waals surface area contributed by atoms with E-state index in [9.17, 15) is 4.79 Å². The van der Waals surface area contributed by atoms with E-state index in [4.69, 9.17) is 4.52 Å². The standard InChI is InChI=1S/C20H18N4O2/c25-20(12-18-17-8-3-4-9-19(17)26-23-18)21-13-15-6-1-2-7-16(15)14-24-11-5-10-22-24/h1-11H,12-14H2,(H,21,25). The molecule has 1 N–H and O–H groups in total. The van der Waals surface area contributed by atoms with Gasteiger partial charge in [0.15, 0.2) is 5.58 Å². The van der Waals surface area contributed by atoms with E-state index in [1.54, 1.807) is 6.20 Å². The molecule has 0 radical (unpaired) electrons. The van der Waals surface area contributed by atoms with Crippen LogP contribution in [0.3, 0.4) is 0 Å². The minimum atomic E-state index is -0.0852. The largest absolute Gasteiger partial charge is 0.356 e. The quantitative estimate of drug-likeness (QED) is 0.583. The van der Waals surface area contributed by atoms with E-state index in [1.165, 1.54) is 0 Å². The summed E-state index contributed by atoms with van der Waals surface area (Å²) in [4.78, 5) is 12.3. The molecule has 0 atom stereocenters. The Hall–Kier alpha value is -3.41. The monoisotopic (exact) mass is 346 g/mol. The Morgan fingerprint density at radius 1 is 1.04 bits per heavy atom. The fourth-order valence-corrected chi connectivity index (χ4v) is 2.93. The summed E-state index contributed by atoms with van der Waals surface area (Å²) in [6.45, 7) is 1.14. The predicted molar refractivity (Wildman–Crippen MR) is 97.3 cm³/mol. The molecule has 4 rings (SSSR count). The van der Waals surface area contributed by atoms with Gasteiger partial charge in [-0.3, -0.25) is 9.48 Å². The number of aromatic nitrogens is 3. The number of carbonyl (C=O) groups is 1. The van der Waals surface area contributed by atoms with E-state index in [0.29, 0.717) is 24.4 Å². The van der Waals surface area contributed by atoms with Crippen LogP contribution >= 0.6 is 0 Å². The van der Waals surface area contributed by atoms with Crippen LogP contribution in [0.2, 0.25) is 0 Å². The van der Waals surface area contributed by atoms with Gasteiger partial charge in [0, 0.05) is 24.3 Å². The van der Waals surface area contributed by atoms with Crippen LogP contribution < -0.4 is 5.32 Å². The molecule has 0 saturated carbocycles. The summed E-state index contributed by atoms with van der Waals surface area (Å²) in [5.74, 6) is -0.0852. The van der Waals surface area contributed by atoms with Crippen molar-refractivity contribution in [2.75, 3.05) is 0 Å². The van der Waals surface area contributed by atoms with Crippen LogP contribution in [0, 0.1) is 0 Å². The molecule has 2 aromatic heterocycles. The smallest absolute Gasteiger partial charge is 0.226 e. The lowest BCUT2D eigenvalue weighted by Crippen LogP contribution is -2.25. The van der Waals surface area contributed by atoms with Gasteiger partial charge in [-0.2, -0.15) is 5.10 Å². The molecule has 0 unspecified atom stereocenters. The zero-order valence-corrected chi connectivity index (χ0v) is 14.1. The molecule has 6 nitrogen and oxygen atoms in total. The molecule has 0 aliphatic heterocycles. The Morgan fingerprint density at radius 3 is 2.69 bits per heavy atom. The molecule has 2 heterocycles. The third-order valence-corrected chi connectivity index (χ3v) is 4.27. The van der Waals surface area contributed by atoms with Gasteiger partial charge in [0.05, 0.1) is 13.0 Å². The van der Waals surface area contributed by atoms with E-state index in [-0.39, 0.29) is 12.3 Å². The van der Waals surface area contributed by atoms with Gasteiger partial charge >= 0.3 is 0 Å². The van der Waals surface area contributed by atoms with Crippen molar-refractivity contribution in [2.45, 2.75) is 19.5 Å². The molecular formula is C20H18N4O2. The molecule has 0 aliphatic rings. The van der Waals surface area contributed by atoms with Gasteiger partial charge in [-0.05, 0) is 29.3 Å². The summed E-state index contributed by atoms with van der Waals surface area (Å²) in [6, 6.07) is 17.5. The van der Waals surface area contributed by atoms with Crippen molar-refractivity contribution in [3.8, 4) is 0 Å². The van der Waals surface area contributed by atoms with Crippen LogP contribution in [-0.4, -0.2) is 20.8 Å². The Bertz CT molecular complexity index is 1020. The fraction of sp³-hybridized carbons (Fsp3) is 0.150. The van der Waals surface area contributed by atoms with Gasteiger partial charge in [-0.25, -0.2) is 0 Å². The van der Waals surface area contributed by atoms with E-state index in [1.807, 2.05) is 65.5 Å². The first kappa shape index (κ1) is 16.1. The summed E-state index contributed by atoms with van der Waals surface area (Å²) in [6.07, 6.45) is 3.87. The third-order valence-electron chi connectivity index (χ3n) is 4.27. The maximum Gasteiger partial charge on any atom is 0.226 e. The average Bonchev–Trinajstić information content (AvgIpc) is 3.31. The molecule has 130 valence electrons. The molecule has 4 aromatic rings. The number of amides is 1. The highest BCUT2D eigenvalue weighted by Gasteiger charge is 2.12. The highest BCUT2D eigenvalue weighted by Crippen LogP contribution is 2.18. The molecule has 0 aliphatic carbocycles. The summed E-state index contributed by atoms with van der Waals surface area (Å²) in [5.41, 5.74) is 3.55. The second kappa shape index (κ2) is 7.23. The Labute approximate surface area is 150 Å². The van der Waals surface area contributed by atoms with E-state index >= 15 is 0 Å². The van der Waals surface area contributed by atoms with Crippen LogP contribution in [0.1, 0.15) is 16.8 Å². The first-order valence-corrected chi connectivity index (χ1v) is 8.44. The number of hydrogen-bond acceptors (Lipinski definition) is 4. The topological polar surface area (TPSA) is 73.0 Å². The lowest BCUT2D eigenvalue weighted by atomic mass is 10.1. The molecule has 26 heavy (non-hydrogen) atoms. The highest BCUT2D eigenvalue weighted by molar-refractivity contribution is 5.86. The van der Waals surface area contributed by atoms with Crippen molar-refractivity contribution in [1.29, 1.82) is 0 Å². The average molecular weight is 346 g/mol. The Morgan fingerprint density at radius 2 is 1.85 bits per heavy atom. The van der Waals surface area contributed by atoms with Crippen LogP contribution in [-0.2, 0) is 24.3 Å². The molecule has 2 aromatic carbocycles. The van der Waals surface area contributed by atoms with Crippen molar-refractivity contribution in [3.63, 3.8) is 0 Å². The number of carbonyl (C=O) groups excluding carboxylic acids is 1. The highest BCUT2D eigenvalue weighted by atomic mass is 16.5. The minimum Gasteiger partial charge on any atom is -0.356 e. The zero-order valence-electron chi connectivity index (χ0n) is 14.1. The van der Waals surface area contributed by atoms with Crippen molar-refractivity contribution in [3.05, 3.63) is 83.8 Å². The third kappa shape index (κ3) is 3.49. The zero-order chi connectivity index (χ0) is 17.8. The summed E-state index contributed by atoms with van der Waals surface area (Å²) < 4.78 is 7.11.